The lowest BCUT2D eigenvalue weighted by Gasteiger charge is -2.21. The summed E-state index contributed by atoms with van der Waals surface area (Å²) in [5, 5.41) is 12.0. The van der Waals surface area contributed by atoms with Gasteiger partial charge in [0.2, 0.25) is 0 Å². The maximum Gasteiger partial charge on any atom is 0.253 e. The van der Waals surface area contributed by atoms with Gasteiger partial charge in [0.15, 0.2) is 5.78 Å². The Hall–Kier alpha value is -2.64. The van der Waals surface area contributed by atoms with Crippen molar-refractivity contribution in [2.45, 2.75) is 26.8 Å². The Morgan fingerprint density at radius 3 is 2.36 bits per heavy atom. The summed E-state index contributed by atoms with van der Waals surface area (Å²) < 4.78 is 0. The molecule has 1 amide bonds. The van der Waals surface area contributed by atoms with E-state index < -0.39 is 5.92 Å². The molecule has 0 aliphatic heterocycles. The van der Waals surface area contributed by atoms with Crippen LogP contribution in [0, 0.1) is 24.2 Å². The molecule has 2 atom stereocenters. The van der Waals surface area contributed by atoms with Gasteiger partial charge in [-0.1, -0.05) is 42.3 Å². The van der Waals surface area contributed by atoms with E-state index in [0.717, 1.165) is 5.56 Å². The standard InChI is InChI=1S/C20H19ClN2O2/c1-12-4-9-18(21)17(10-12)20(25)23-14(3)13(2)19(24)16-7-5-15(11-22)6-8-16/h4-10,13-14H,1-3H3,(H,23,25). The van der Waals surface area contributed by atoms with Gasteiger partial charge in [0, 0.05) is 17.5 Å². The van der Waals surface area contributed by atoms with Crippen LogP contribution in [0.25, 0.3) is 0 Å². The summed E-state index contributed by atoms with van der Waals surface area (Å²) in [6, 6.07) is 13.4. The van der Waals surface area contributed by atoms with E-state index in [2.05, 4.69) is 5.32 Å². The maximum absolute atomic E-state index is 12.6. The van der Waals surface area contributed by atoms with E-state index in [1.54, 1.807) is 50.2 Å². The van der Waals surface area contributed by atoms with E-state index in [1.165, 1.54) is 0 Å². The zero-order chi connectivity index (χ0) is 18.6. The number of benzene rings is 2. The van der Waals surface area contributed by atoms with Gasteiger partial charge in [-0.25, -0.2) is 0 Å². The molecule has 0 aliphatic rings. The second kappa shape index (κ2) is 7.96. The minimum absolute atomic E-state index is 0.0902. The van der Waals surface area contributed by atoms with Crippen LogP contribution in [0.4, 0.5) is 0 Å². The summed E-state index contributed by atoms with van der Waals surface area (Å²) in [5.74, 6) is -0.811. The summed E-state index contributed by atoms with van der Waals surface area (Å²) in [5.41, 5.74) is 2.34. The van der Waals surface area contributed by atoms with E-state index in [4.69, 9.17) is 16.9 Å². The van der Waals surface area contributed by atoms with Gasteiger partial charge >= 0.3 is 0 Å². The number of carbonyl (C=O) groups is 2. The Balaban J connectivity index is 2.09. The highest BCUT2D eigenvalue weighted by molar-refractivity contribution is 6.33. The Morgan fingerprint density at radius 1 is 1.12 bits per heavy atom. The quantitative estimate of drug-likeness (QED) is 0.819. The number of hydrogen-bond acceptors (Lipinski definition) is 3. The highest BCUT2D eigenvalue weighted by Crippen LogP contribution is 2.19. The molecule has 4 nitrogen and oxygen atoms in total. The lowest BCUT2D eigenvalue weighted by Crippen LogP contribution is -2.40. The predicted molar refractivity (Wildman–Crippen MR) is 97.8 cm³/mol. The third-order valence-electron chi connectivity index (χ3n) is 4.19. The maximum atomic E-state index is 12.6. The summed E-state index contributed by atoms with van der Waals surface area (Å²) in [6.07, 6.45) is 0. The van der Waals surface area contributed by atoms with Crippen molar-refractivity contribution >= 4 is 23.3 Å². The summed E-state index contributed by atoms with van der Waals surface area (Å²) in [4.78, 5) is 25.0. The molecule has 5 heteroatoms. The molecular weight excluding hydrogens is 336 g/mol. The number of amides is 1. The number of hydrogen-bond donors (Lipinski definition) is 1. The van der Waals surface area contributed by atoms with Gasteiger partial charge in [0.25, 0.3) is 5.91 Å². The molecular formula is C20H19ClN2O2. The van der Waals surface area contributed by atoms with Crippen LogP contribution in [0.3, 0.4) is 0 Å². The molecule has 0 aromatic heterocycles. The molecule has 128 valence electrons. The largest absolute Gasteiger partial charge is 0.349 e. The summed E-state index contributed by atoms with van der Waals surface area (Å²) >= 11 is 6.09. The van der Waals surface area contributed by atoms with Crippen molar-refractivity contribution in [1.82, 2.24) is 5.32 Å². The lowest BCUT2D eigenvalue weighted by atomic mass is 9.92. The van der Waals surface area contributed by atoms with Crippen LogP contribution >= 0.6 is 11.6 Å². The second-order valence-electron chi connectivity index (χ2n) is 6.09. The van der Waals surface area contributed by atoms with E-state index in [1.807, 2.05) is 19.1 Å². The van der Waals surface area contributed by atoms with E-state index in [0.29, 0.717) is 21.7 Å². The SMILES string of the molecule is Cc1ccc(Cl)c(C(=O)NC(C)C(C)C(=O)c2ccc(C#N)cc2)c1. The first-order valence-corrected chi connectivity index (χ1v) is 8.32. The topological polar surface area (TPSA) is 70.0 Å². The summed E-state index contributed by atoms with van der Waals surface area (Å²) in [7, 11) is 0. The van der Waals surface area contributed by atoms with Crippen molar-refractivity contribution < 1.29 is 9.59 Å². The third-order valence-corrected chi connectivity index (χ3v) is 4.52. The van der Waals surface area contributed by atoms with Crippen molar-refractivity contribution in [3.8, 4) is 6.07 Å². The molecule has 2 rings (SSSR count). The van der Waals surface area contributed by atoms with Crippen molar-refractivity contribution in [3.05, 3.63) is 69.7 Å². The number of rotatable bonds is 5. The van der Waals surface area contributed by atoms with Gasteiger partial charge in [-0.15, -0.1) is 0 Å². The average molecular weight is 355 g/mol. The second-order valence-corrected chi connectivity index (χ2v) is 6.49. The first kappa shape index (κ1) is 18.7. The number of Topliss-reactive ketones (excluding diaryl/α,β-unsaturated/α-hetero) is 1. The number of nitrogens with zero attached hydrogens (tertiary/aromatic N) is 1. The van der Waals surface area contributed by atoms with Crippen LogP contribution in [0.15, 0.2) is 42.5 Å². The number of aryl methyl sites for hydroxylation is 1. The minimum Gasteiger partial charge on any atom is -0.349 e. The predicted octanol–water partition coefficient (Wildman–Crippen LogP) is 4.16. The monoisotopic (exact) mass is 354 g/mol. The number of halogens is 1. The molecule has 1 N–H and O–H groups in total. The van der Waals surface area contributed by atoms with Crippen molar-refractivity contribution in [2.24, 2.45) is 5.92 Å². The molecule has 2 aromatic carbocycles. The first-order valence-electron chi connectivity index (χ1n) is 7.95. The van der Waals surface area contributed by atoms with Gasteiger partial charge in [-0.2, -0.15) is 5.26 Å². The normalized spacial score (nSPS) is 12.8. The van der Waals surface area contributed by atoms with Gasteiger partial charge in [-0.05, 0) is 38.1 Å². The fraction of sp³-hybridized carbons (Fsp3) is 0.250. The fourth-order valence-electron chi connectivity index (χ4n) is 2.42. The molecule has 0 radical (unpaired) electrons. The molecule has 0 heterocycles. The number of carbonyl (C=O) groups excluding carboxylic acids is 2. The molecule has 0 spiro atoms. The van der Waals surface area contributed by atoms with Crippen LogP contribution in [0.1, 0.15) is 45.7 Å². The molecule has 0 aliphatic carbocycles. The number of nitrogens with one attached hydrogen (secondary N) is 1. The Labute approximate surface area is 152 Å². The van der Waals surface area contributed by atoms with Gasteiger partial charge in [-0.3, -0.25) is 9.59 Å². The van der Waals surface area contributed by atoms with Crippen molar-refractivity contribution in [1.29, 1.82) is 5.26 Å². The first-order chi connectivity index (χ1) is 11.8. The molecule has 0 bridgehead atoms. The van der Waals surface area contributed by atoms with Crippen LogP contribution < -0.4 is 5.32 Å². The zero-order valence-electron chi connectivity index (χ0n) is 14.3. The van der Waals surface area contributed by atoms with Gasteiger partial charge in [0.1, 0.15) is 0 Å². The van der Waals surface area contributed by atoms with E-state index in [-0.39, 0.29) is 17.7 Å². The molecule has 0 saturated heterocycles. The summed E-state index contributed by atoms with van der Waals surface area (Å²) in [6.45, 7) is 5.44. The molecule has 2 aromatic rings. The van der Waals surface area contributed by atoms with Gasteiger partial charge in [0.05, 0.1) is 22.2 Å². The van der Waals surface area contributed by atoms with Crippen LogP contribution in [-0.4, -0.2) is 17.7 Å². The molecule has 2 unspecified atom stereocenters. The van der Waals surface area contributed by atoms with Gasteiger partial charge < -0.3 is 5.32 Å². The van der Waals surface area contributed by atoms with Crippen LogP contribution in [0.2, 0.25) is 5.02 Å². The third kappa shape index (κ3) is 4.46. The fourth-order valence-corrected chi connectivity index (χ4v) is 2.63. The highest BCUT2D eigenvalue weighted by atomic mass is 35.5. The van der Waals surface area contributed by atoms with E-state index in [9.17, 15) is 9.59 Å². The highest BCUT2D eigenvalue weighted by Gasteiger charge is 2.24. The van der Waals surface area contributed by atoms with Crippen molar-refractivity contribution in [3.63, 3.8) is 0 Å². The van der Waals surface area contributed by atoms with Crippen LogP contribution in [-0.2, 0) is 0 Å². The van der Waals surface area contributed by atoms with E-state index >= 15 is 0 Å². The zero-order valence-corrected chi connectivity index (χ0v) is 15.1. The Kier molecular flexibility index (Phi) is 5.95. The van der Waals surface area contributed by atoms with Crippen molar-refractivity contribution in [2.75, 3.05) is 0 Å². The number of ketones is 1. The number of nitriles is 1. The van der Waals surface area contributed by atoms with Crippen LogP contribution in [0.5, 0.6) is 0 Å². The Morgan fingerprint density at radius 2 is 1.76 bits per heavy atom. The molecule has 0 saturated carbocycles. The molecule has 25 heavy (non-hydrogen) atoms. The lowest BCUT2D eigenvalue weighted by molar-refractivity contribution is 0.0868. The Bertz CT molecular complexity index is 838. The molecule has 0 fully saturated rings. The average Bonchev–Trinajstić information content (AvgIpc) is 2.62. The minimum atomic E-state index is -0.416. The smallest absolute Gasteiger partial charge is 0.253 e.